The minimum absolute atomic E-state index is 0.181. The van der Waals surface area contributed by atoms with Crippen LogP contribution in [0.1, 0.15) is 43.7 Å². The molecular formula is C17H25N3O2. The van der Waals surface area contributed by atoms with Crippen molar-refractivity contribution in [2.75, 3.05) is 13.1 Å². The number of rotatable bonds is 7. The standard InChI is InChI=1S/C17H25N3O2/c18-17(22)19-15-9-11-20(12-10-15)16(8-4-5-13-21)14-6-2-1-3-7-14/h1-3,6-7,13,15-16H,4-5,8-12H2,(H3,18,19,22). The molecule has 5 heteroatoms. The molecular weight excluding hydrogens is 278 g/mol. The number of carbonyl (C=O) groups excluding carboxylic acids is 2. The van der Waals surface area contributed by atoms with Crippen molar-refractivity contribution in [3.05, 3.63) is 35.9 Å². The number of amides is 2. The van der Waals surface area contributed by atoms with Gasteiger partial charge in [0, 0.05) is 31.6 Å². The Bertz CT molecular complexity index is 470. The van der Waals surface area contributed by atoms with Crippen molar-refractivity contribution < 1.29 is 9.59 Å². The summed E-state index contributed by atoms with van der Waals surface area (Å²) in [7, 11) is 0. The van der Waals surface area contributed by atoms with Crippen LogP contribution in [0.15, 0.2) is 30.3 Å². The number of primary amides is 1. The molecule has 0 aromatic heterocycles. The van der Waals surface area contributed by atoms with Crippen LogP contribution in [0.4, 0.5) is 4.79 Å². The van der Waals surface area contributed by atoms with Gasteiger partial charge in [-0.3, -0.25) is 4.90 Å². The molecule has 22 heavy (non-hydrogen) atoms. The van der Waals surface area contributed by atoms with E-state index in [1.807, 2.05) is 6.07 Å². The van der Waals surface area contributed by atoms with Gasteiger partial charge in [0.05, 0.1) is 0 Å². The summed E-state index contributed by atoms with van der Waals surface area (Å²) in [6.45, 7) is 1.87. The number of nitrogens with zero attached hydrogens (tertiary/aromatic N) is 1. The molecule has 1 unspecified atom stereocenters. The van der Waals surface area contributed by atoms with Gasteiger partial charge in [0.1, 0.15) is 6.29 Å². The van der Waals surface area contributed by atoms with Crippen LogP contribution >= 0.6 is 0 Å². The molecule has 0 radical (unpaired) electrons. The van der Waals surface area contributed by atoms with E-state index < -0.39 is 6.03 Å². The van der Waals surface area contributed by atoms with Crippen molar-refractivity contribution in [1.29, 1.82) is 0 Å². The molecule has 1 aromatic rings. The van der Waals surface area contributed by atoms with Gasteiger partial charge in [-0.1, -0.05) is 30.3 Å². The molecule has 2 rings (SSSR count). The van der Waals surface area contributed by atoms with Crippen LogP contribution in [0.25, 0.3) is 0 Å². The fraction of sp³-hybridized carbons (Fsp3) is 0.529. The number of nitrogens with two attached hydrogens (primary N) is 1. The molecule has 1 atom stereocenters. The number of aldehydes is 1. The number of hydrogen-bond donors (Lipinski definition) is 2. The van der Waals surface area contributed by atoms with Crippen molar-refractivity contribution in [2.24, 2.45) is 5.73 Å². The Morgan fingerprint density at radius 1 is 1.32 bits per heavy atom. The first-order valence-corrected chi connectivity index (χ1v) is 7.99. The summed E-state index contributed by atoms with van der Waals surface area (Å²) in [6.07, 6.45) is 5.33. The van der Waals surface area contributed by atoms with Crippen molar-refractivity contribution in [1.82, 2.24) is 10.2 Å². The zero-order chi connectivity index (χ0) is 15.8. The number of hydrogen-bond acceptors (Lipinski definition) is 3. The van der Waals surface area contributed by atoms with Gasteiger partial charge in [0.2, 0.25) is 0 Å². The lowest BCUT2D eigenvalue weighted by atomic mass is 9.95. The van der Waals surface area contributed by atoms with Crippen LogP contribution in [0, 0.1) is 0 Å². The maximum Gasteiger partial charge on any atom is 0.312 e. The third-order valence-corrected chi connectivity index (χ3v) is 4.30. The Morgan fingerprint density at radius 2 is 2.00 bits per heavy atom. The van der Waals surface area contributed by atoms with E-state index in [0.29, 0.717) is 12.5 Å². The molecule has 1 saturated heterocycles. The molecule has 0 spiro atoms. The second-order valence-corrected chi connectivity index (χ2v) is 5.84. The number of piperidine rings is 1. The molecule has 1 aromatic carbocycles. The highest BCUT2D eigenvalue weighted by atomic mass is 16.2. The Hall–Kier alpha value is -1.88. The van der Waals surface area contributed by atoms with E-state index in [0.717, 1.165) is 45.1 Å². The fourth-order valence-electron chi connectivity index (χ4n) is 3.19. The lowest BCUT2D eigenvalue weighted by molar-refractivity contribution is -0.108. The van der Waals surface area contributed by atoms with Gasteiger partial charge < -0.3 is 15.8 Å². The Labute approximate surface area is 131 Å². The van der Waals surface area contributed by atoms with Gasteiger partial charge in [0.25, 0.3) is 0 Å². The van der Waals surface area contributed by atoms with Crippen LogP contribution in [0.3, 0.4) is 0 Å². The smallest absolute Gasteiger partial charge is 0.312 e. The largest absolute Gasteiger partial charge is 0.352 e. The average molecular weight is 303 g/mol. The van der Waals surface area contributed by atoms with E-state index in [1.165, 1.54) is 5.56 Å². The molecule has 0 aliphatic carbocycles. The summed E-state index contributed by atoms with van der Waals surface area (Å²) in [6, 6.07) is 10.5. The lowest BCUT2D eigenvalue weighted by Gasteiger charge is -2.38. The molecule has 1 fully saturated rings. The normalized spacial score (nSPS) is 17.8. The van der Waals surface area contributed by atoms with Gasteiger partial charge in [0.15, 0.2) is 0 Å². The highest BCUT2D eigenvalue weighted by Crippen LogP contribution is 2.29. The number of urea groups is 1. The van der Waals surface area contributed by atoms with Crippen LogP contribution in [0.5, 0.6) is 0 Å². The molecule has 0 bridgehead atoms. The maximum absolute atomic E-state index is 10.9. The monoisotopic (exact) mass is 303 g/mol. The molecule has 120 valence electrons. The van der Waals surface area contributed by atoms with E-state index in [-0.39, 0.29) is 6.04 Å². The summed E-state index contributed by atoms with van der Waals surface area (Å²) in [4.78, 5) is 24.0. The zero-order valence-corrected chi connectivity index (χ0v) is 12.9. The number of unbranched alkanes of at least 4 members (excludes halogenated alkanes) is 1. The molecule has 5 nitrogen and oxygen atoms in total. The first-order chi connectivity index (χ1) is 10.7. The Morgan fingerprint density at radius 3 is 2.59 bits per heavy atom. The second kappa shape index (κ2) is 8.54. The van der Waals surface area contributed by atoms with Gasteiger partial charge in [-0.25, -0.2) is 4.79 Å². The number of benzene rings is 1. The van der Waals surface area contributed by atoms with Crippen molar-refractivity contribution >= 4 is 12.3 Å². The summed E-state index contributed by atoms with van der Waals surface area (Å²) in [5.74, 6) is 0. The van der Waals surface area contributed by atoms with Crippen LogP contribution in [-0.4, -0.2) is 36.3 Å². The van der Waals surface area contributed by atoms with Crippen molar-refractivity contribution in [2.45, 2.75) is 44.2 Å². The van der Waals surface area contributed by atoms with Crippen LogP contribution in [-0.2, 0) is 4.79 Å². The van der Waals surface area contributed by atoms with E-state index >= 15 is 0 Å². The summed E-state index contributed by atoms with van der Waals surface area (Å²) in [5.41, 5.74) is 6.49. The lowest BCUT2D eigenvalue weighted by Crippen LogP contribution is -2.47. The first kappa shape index (κ1) is 16.5. The van der Waals surface area contributed by atoms with Gasteiger partial charge in [-0.05, 0) is 31.2 Å². The second-order valence-electron chi connectivity index (χ2n) is 5.84. The molecule has 3 N–H and O–H groups in total. The SMILES string of the molecule is NC(=O)NC1CCN(C(CCCC=O)c2ccccc2)CC1. The molecule has 1 aliphatic heterocycles. The van der Waals surface area contributed by atoms with E-state index in [1.54, 1.807) is 0 Å². The molecule has 1 aliphatic rings. The minimum atomic E-state index is -0.441. The third-order valence-electron chi connectivity index (χ3n) is 4.30. The van der Waals surface area contributed by atoms with Crippen molar-refractivity contribution in [3.63, 3.8) is 0 Å². The van der Waals surface area contributed by atoms with E-state index in [2.05, 4.69) is 34.5 Å². The molecule has 1 heterocycles. The quantitative estimate of drug-likeness (QED) is 0.599. The zero-order valence-electron chi connectivity index (χ0n) is 12.9. The van der Waals surface area contributed by atoms with Crippen molar-refractivity contribution in [3.8, 4) is 0 Å². The minimum Gasteiger partial charge on any atom is -0.352 e. The average Bonchev–Trinajstić information content (AvgIpc) is 2.53. The fourth-order valence-corrected chi connectivity index (χ4v) is 3.19. The van der Waals surface area contributed by atoms with Gasteiger partial charge in [-0.2, -0.15) is 0 Å². The Kier molecular flexibility index (Phi) is 6.40. The van der Waals surface area contributed by atoms with E-state index in [9.17, 15) is 9.59 Å². The van der Waals surface area contributed by atoms with Gasteiger partial charge >= 0.3 is 6.03 Å². The number of nitrogens with one attached hydrogen (secondary N) is 1. The predicted molar refractivity (Wildman–Crippen MR) is 86.4 cm³/mol. The van der Waals surface area contributed by atoms with Crippen LogP contribution in [0.2, 0.25) is 0 Å². The summed E-state index contributed by atoms with van der Waals surface area (Å²) in [5, 5.41) is 2.80. The predicted octanol–water partition coefficient (Wildman–Crippen LogP) is 2.23. The van der Waals surface area contributed by atoms with Gasteiger partial charge in [-0.15, -0.1) is 0 Å². The number of likely N-dealkylation sites (tertiary alicyclic amines) is 1. The summed E-state index contributed by atoms with van der Waals surface area (Å²) >= 11 is 0. The first-order valence-electron chi connectivity index (χ1n) is 7.99. The van der Waals surface area contributed by atoms with Crippen LogP contribution < -0.4 is 11.1 Å². The third kappa shape index (κ3) is 4.84. The highest BCUT2D eigenvalue weighted by molar-refractivity contribution is 5.71. The molecule has 2 amide bonds. The highest BCUT2D eigenvalue weighted by Gasteiger charge is 2.26. The van der Waals surface area contributed by atoms with E-state index in [4.69, 9.17) is 5.73 Å². The maximum atomic E-state index is 10.9. The Balaban J connectivity index is 1.97. The molecule has 0 saturated carbocycles. The summed E-state index contributed by atoms with van der Waals surface area (Å²) < 4.78 is 0. The number of carbonyl (C=O) groups is 2. The topological polar surface area (TPSA) is 75.4 Å².